The molecule has 0 aromatic heterocycles. The number of phenolic OH excluding ortho intramolecular Hbond substituents is 1. The summed E-state index contributed by atoms with van der Waals surface area (Å²) in [6.45, 7) is 1.65. The number of esters is 1. The van der Waals surface area contributed by atoms with Crippen LogP contribution in [0.2, 0.25) is 0 Å². The molecule has 0 amide bonds. The average molecular weight is 236 g/mol. The number of aromatic hydroxyl groups is 1. The number of hydrogen-bond acceptors (Lipinski definition) is 5. The normalized spacial score (nSPS) is 10.2. The number of phenols is 1. The van der Waals surface area contributed by atoms with Crippen LogP contribution in [0.5, 0.6) is 17.2 Å². The largest absolute Gasteiger partial charge is 0.504 e. The zero-order valence-corrected chi connectivity index (χ0v) is 9.47. The Morgan fingerprint density at radius 3 is 2.59 bits per heavy atom. The van der Waals surface area contributed by atoms with Crippen molar-refractivity contribution in [3.8, 4) is 17.2 Å². The van der Waals surface area contributed by atoms with E-state index in [9.17, 15) is 14.7 Å². The maximum atomic E-state index is 11.3. The molecule has 0 spiro atoms. The number of benzene rings is 1. The molecular weight excluding hydrogens is 224 g/mol. The van der Waals surface area contributed by atoms with Crippen LogP contribution in [0.15, 0.2) is 24.3 Å². The van der Waals surface area contributed by atoms with E-state index in [0.717, 1.165) is 0 Å². The van der Waals surface area contributed by atoms with Gasteiger partial charge in [-0.3, -0.25) is 4.79 Å². The van der Waals surface area contributed by atoms with Gasteiger partial charge in [-0.25, -0.2) is 4.79 Å². The molecule has 1 aromatic carbocycles. The Hall–Kier alpha value is -2.30. The lowest BCUT2D eigenvalue weighted by atomic mass is 10.2. The van der Waals surface area contributed by atoms with Gasteiger partial charge in [0.2, 0.25) is 5.75 Å². The van der Waals surface area contributed by atoms with Crippen molar-refractivity contribution in [2.24, 2.45) is 0 Å². The predicted octanol–water partition coefficient (Wildman–Crippen LogP) is 1.69. The van der Waals surface area contributed by atoms with Gasteiger partial charge in [0.15, 0.2) is 17.8 Å². The van der Waals surface area contributed by atoms with Crippen molar-refractivity contribution < 1.29 is 24.2 Å². The Bertz CT molecular complexity index is 462. The molecule has 0 saturated heterocycles. The van der Waals surface area contributed by atoms with E-state index in [4.69, 9.17) is 9.47 Å². The number of allylic oxidation sites excluding steroid dienone is 1. The second kappa shape index (κ2) is 5.69. The second-order valence-corrected chi connectivity index (χ2v) is 3.08. The lowest BCUT2D eigenvalue weighted by Gasteiger charge is -2.11. The summed E-state index contributed by atoms with van der Waals surface area (Å²) in [4.78, 5) is 22.1. The molecule has 0 radical (unpaired) electrons. The van der Waals surface area contributed by atoms with Crippen LogP contribution in [-0.2, 0) is 4.79 Å². The first-order valence-corrected chi connectivity index (χ1v) is 4.83. The Morgan fingerprint density at radius 2 is 2.06 bits per heavy atom. The smallest absolute Gasteiger partial charge is 0.335 e. The van der Waals surface area contributed by atoms with Crippen LogP contribution in [0.4, 0.5) is 0 Å². The van der Waals surface area contributed by atoms with E-state index in [2.05, 4.69) is 0 Å². The molecule has 5 heteroatoms. The van der Waals surface area contributed by atoms with Gasteiger partial charge < -0.3 is 14.6 Å². The summed E-state index contributed by atoms with van der Waals surface area (Å²) in [5.41, 5.74) is 0.123. The third-order valence-electron chi connectivity index (χ3n) is 1.96. The number of carbonyl (C=O) groups is 2. The van der Waals surface area contributed by atoms with Gasteiger partial charge in [0.05, 0.1) is 12.7 Å². The van der Waals surface area contributed by atoms with E-state index in [1.165, 1.54) is 31.4 Å². The van der Waals surface area contributed by atoms with Gasteiger partial charge >= 0.3 is 5.97 Å². The molecular formula is C12H12O5. The summed E-state index contributed by atoms with van der Waals surface area (Å²) in [5.74, 6) is -1.00. The first-order chi connectivity index (χ1) is 8.13. The van der Waals surface area contributed by atoms with Crippen LogP contribution < -0.4 is 9.47 Å². The lowest BCUT2D eigenvalue weighted by Crippen LogP contribution is -2.07. The van der Waals surface area contributed by atoms with Crippen LogP contribution in [0, 0.1) is 0 Å². The summed E-state index contributed by atoms with van der Waals surface area (Å²) in [5, 5.41) is 9.50. The zero-order chi connectivity index (χ0) is 12.8. The summed E-state index contributed by atoms with van der Waals surface area (Å²) >= 11 is 0. The quantitative estimate of drug-likeness (QED) is 0.373. The highest BCUT2D eigenvalue weighted by Crippen LogP contribution is 2.38. The summed E-state index contributed by atoms with van der Waals surface area (Å²) < 4.78 is 9.83. The first-order valence-electron chi connectivity index (χ1n) is 4.83. The van der Waals surface area contributed by atoms with Crippen molar-refractivity contribution in [2.75, 3.05) is 7.11 Å². The Morgan fingerprint density at radius 1 is 1.35 bits per heavy atom. The van der Waals surface area contributed by atoms with Crippen molar-refractivity contribution >= 4 is 12.3 Å². The van der Waals surface area contributed by atoms with Crippen molar-refractivity contribution in [3.05, 3.63) is 29.8 Å². The third kappa shape index (κ3) is 2.84. The minimum Gasteiger partial charge on any atom is -0.504 e. The van der Waals surface area contributed by atoms with E-state index < -0.39 is 5.97 Å². The molecule has 1 aromatic rings. The SMILES string of the molecule is C/C=C/C(=O)Oc1c(C=O)ccc(O)c1OC. The molecule has 0 heterocycles. The Kier molecular flexibility index (Phi) is 4.28. The van der Waals surface area contributed by atoms with Gasteiger partial charge in [-0.05, 0) is 19.1 Å². The number of hydrogen-bond donors (Lipinski definition) is 1. The van der Waals surface area contributed by atoms with E-state index in [1.54, 1.807) is 6.92 Å². The predicted molar refractivity (Wildman–Crippen MR) is 60.5 cm³/mol. The van der Waals surface area contributed by atoms with Gasteiger partial charge in [-0.2, -0.15) is 0 Å². The maximum Gasteiger partial charge on any atom is 0.335 e. The van der Waals surface area contributed by atoms with Gasteiger partial charge in [0.25, 0.3) is 0 Å². The molecule has 0 atom stereocenters. The fourth-order valence-electron chi connectivity index (χ4n) is 1.23. The van der Waals surface area contributed by atoms with Gasteiger partial charge in [0.1, 0.15) is 0 Å². The van der Waals surface area contributed by atoms with Crippen molar-refractivity contribution in [2.45, 2.75) is 6.92 Å². The minimum absolute atomic E-state index is 0.0487. The minimum atomic E-state index is -0.653. The molecule has 0 fully saturated rings. The van der Waals surface area contributed by atoms with Crippen LogP contribution in [-0.4, -0.2) is 24.5 Å². The molecule has 0 saturated carbocycles. The molecule has 0 aliphatic carbocycles. The van der Waals surface area contributed by atoms with Crippen LogP contribution >= 0.6 is 0 Å². The number of aldehydes is 1. The summed E-state index contributed by atoms with van der Waals surface area (Å²) in [6, 6.07) is 2.62. The van der Waals surface area contributed by atoms with Crippen molar-refractivity contribution in [1.29, 1.82) is 0 Å². The van der Waals surface area contributed by atoms with Crippen molar-refractivity contribution in [1.82, 2.24) is 0 Å². The van der Waals surface area contributed by atoms with E-state index in [0.29, 0.717) is 6.29 Å². The molecule has 0 aliphatic rings. The monoisotopic (exact) mass is 236 g/mol. The van der Waals surface area contributed by atoms with E-state index in [1.807, 2.05) is 0 Å². The maximum absolute atomic E-state index is 11.3. The molecule has 17 heavy (non-hydrogen) atoms. The fourth-order valence-corrected chi connectivity index (χ4v) is 1.23. The number of carbonyl (C=O) groups excluding carboxylic acids is 2. The van der Waals surface area contributed by atoms with Gasteiger partial charge in [-0.15, -0.1) is 0 Å². The fraction of sp³-hybridized carbons (Fsp3) is 0.167. The lowest BCUT2D eigenvalue weighted by molar-refractivity contribution is -0.129. The Labute approximate surface area is 98.3 Å². The van der Waals surface area contributed by atoms with Gasteiger partial charge in [-0.1, -0.05) is 6.08 Å². The molecule has 1 rings (SSSR count). The highest BCUT2D eigenvalue weighted by molar-refractivity contribution is 5.89. The third-order valence-corrected chi connectivity index (χ3v) is 1.96. The molecule has 5 nitrogen and oxygen atoms in total. The molecule has 0 bridgehead atoms. The summed E-state index contributed by atoms with van der Waals surface area (Å²) in [7, 11) is 1.30. The summed E-state index contributed by atoms with van der Waals surface area (Å²) in [6.07, 6.45) is 3.20. The highest BCUT2D eigenvalue weighted by atomic mass is 16.6. The molecule has 90 valence electrons. The molecule has 1 N–H and O–H groups in total. The molecule has 0 unspecified atom stereocenters. The Balaban J connectivity index is 3.22. The number of ether oxygens (including phenoxy) is 2. The van der Waals surface area contributed by atoms with E-state index >= 15 is 0 Å². The topological polar surface area (TPSA) is 72.8 Å². The van der Waals surface area contributed by atoms with E-state index in [-0.39, 0.29) is 22.8 Å². The van der Waals surface area contributed by atoms with Crippen LogP contribution in [0.25, 0.3) is 0 Å². The van der Waals surface area contributed by atoms with Crippen LogP contribution in [0.3, 0.4) is 0 Å². The molecule has 0 aliphatic heterocycles. The first kappa shape index (κ1) is 12.8. The van der Waals surface area contributed by atoms with Crippen LogP contribution in [0.1, 0.15) is 17.3 Å². The number of methoxy groups -OCH3 is 1. The number of rotatable bonds is 4. The standard InChI is InChI=1S/C12H12O5/c1-3-4-10(15)17-11-8(7-13)5-6-9(14)12(11)16-2/h3-7,14H,1-2H3/b4-3+. The average Bonchev–Trinajstić information content (AvgIpc) is 2.30. The van der Waals surface area contributed by atoms with Gasteiger partial charge in [0, 0.05) is 6.08 Å². The van der Waals surface area contributed by atoms with Crippen molar-refractivity contribution in [3.63, 3.8) is 0 Å². The zero-order valence-electron chi connectivity index (χ0n) is 9.47. The highest BCUT2D eigenvalue weighted by Gasteiger charge is 2.17. The second-order valence-electron chi connectivity index (χ2n) is 3.08.